The molecule has 126 valence electrons. The highest BCUT2D eigenvalue weighted by atomic mass is 16.1. The van der Waals surface area contributed by atoms with Gasteiger partial charge in [-0.25, -0.2) is 4.98 Å². The molecule has 0 atom stereocenters. The molecule has 1 aliphatic heterocycles. The molecule has 0 amide bonds. The molecule has 0 aliphatic carbocycles. The molecule has 0 bridgehead atoms. The van der Waals surface area contributed by atoms with Crippen molar-refractivity contribution in [3.8, 4) is 11.1 Å². The number of carbonyl (C=O) groups is 1. The molecule has 3 aromatic rings. The van der Waals surface area contributed by atoms with Gasteiger partial charge in [0, 0.05) is 54.5 Å². The average Bonchev–Trinajstić information content (AvgIpc) is 3.00. The standard InChI is InChI=1S/C20H20N4O/c1-3-17(25)7-14-11-24(12-14)16-8-18-19(10-23-20(18)22-9-16)15-4-5-21-13(2)6-15/h3-6,8-10,14H,1,7,11-12H2,2H3,(H,22,23). The Balaban J connectivity index is 1.60. The molecule has 0 aromatic carbocycles. The molecule has 4 heterocycles. The Hall–Kier alpha value is -2.95. The fourth-order valence-corrected chi connectivity index (χ4v) is 3.39. The summed E-state index contributed by atoms with van der Waals surface area (Å²) in [7, 11) is 0. The Bertz CT molecular complexity index is 953. The third-order valence-electron chi connectivity index (χ3n) is 4.76. The molecular formula is C20H20N4O. The van der Waals surface area contributed by atoms with Crippen LogP contribution in [-0.4, -0.2) is 33.8 Å². The van der Waals surface area contributed by atoms with Crippen molar-refractivity contribution in [1.82, 2.24) is 15.0 Å². The number of nitrogens with one attached hydrogen (secondary N) is 1. The molecule has 1 fully saturated rings. The second-order valence-corrected chi connectivity index (χ2v) is 6.62. The second kappa shape index (κ2) is 6.16. The number of hydrogen-bond acceptors (Lipinski definition) is 4. The van der Waals surface area contributed by atoms with Crippen LogP contribution in [0.15, 0.2) is 49.4 Å². The Kier molecular flexibility index (Phi) is 3.84. The Morgan fingerprint density at radius 2 is 2.24 bits per heavy atom. The number of carbonyl (C=O) groups excluding carboxylic acids is 1. The lowest BCUT2D eigenvalue weighted by atomic mass is 9.93. The summed E-state index contributed by atoms with van der Waals surface area (Å²) in [6.45, 7) is 7.31. The number of aromatic nitrogens is 3. The lowest BCUT2D eigenvalue weighted by Crippen LogP contribution is -2.47. The first kappa shape index (κ1) is 15.6. The predicted octanol–water partition coefficient (Wildman–Crippen LogP) is 3.51. The van der Waals surface area contributed by atoms with Crippen molar-refractivity contribution in [1.29, 1.82) is 0 Å². The molecule has 25 heavy (non-hydrogen) atoms. The van der Waals surface area contributed by atoms with Gasteiger partial charge in [0.25, 0.3) is 0 Å². The van der Waals surface area contributed by atoms with Gasteiger partial charge in [-0.3, -0.25) is 9.78 Å². The van der Waals surface area contributed by atoms with Crippen LogP contribution in [0.3, 0.4) is 0 Å². The molecule has 3 aromatic heterocycles. The zero-order valence-corrected chi connectivity index (χ0v) is 14.2. The van der Waals surface area contributed by atoms with E-state index in [4.69, 9.17) is 0 Å². The minimum atomic E-state index is 0.124. The highest BCUT2D eigenvalue weighted by Crippen LogP contribution is 2.33. The summed E-state index contributed by atoms with van der Waals surface area (Å²) >= 11 is 0. The van der Waals surface area contributed by atoms with Crippen molar-refractivity contribution in [3.05, 3.63) is 55.1 Å². The van der Waals surface area contributed by atoms with Gasteiger partial charge in [0.05, 0.1) is 11.9 Å². The summed E-state index contributed by atoms with van der Waals surface area (Å²) in [4.78, 5) is 25.8. The molecule has 0 spiro atoms. The van der Waals surface area contributed by atoms with Crippen LogP contribution in [0.4, 0.5) is 5.69 Å². The molecule has 4 rings (SSSR count). The van der Waals surface area contributed by atoms with E-state index < -0.39 is 0 Å². The van der Waals surface area contributed by atoms with Crippen LogP contribution >= 0.6 is 0 Å². The summed E-state index contributed by atoms with van der Waals surface area (Å²) < 4.78 is 0. The van der Waals surface area contributed by atoms with Gasteiger partial charge in [-0.15, -0.1) is 0 Å². The summed E-state index contributed by atoms with van der Waals surface area (Å²) in [5, 5.41) is 1.11. The fraction of sp³-hybridized carbons (Fsp3) is 0.250. The number of nitrogens with zero attached hydrogens (tertiary/aromatic N) is 3. The van der Waals surface area contributed by atoms with E-state index >= 15 is 0 Å². The van der Waals surface area contributed by atoms with Gasteiger partial charge in [0.1, 0.15) is 5.65 Å². The van der Waals surface area contributed by atoms with Crippen LogP contribution in [-0.2, 0) is 4.79 Å². The Labute approximate surface area is 146 Å². The monoisotopic (exact) mass is 332 g/mol. The third-order valence-corrected chi connectivity index (χ3v) is 4.76. The summed E-state index contributed by atoms with van der Waals surface area (Å²) in [5.74, 6) is 0.536. The van der Waals surface area contributed by atoms with Gasteiger partial charge in [-0.2, -0.15) is 0 Å². The Morgan fingerprint density at radius 3 is 3.00 bits per heavy atom. The highest BCUT2D eigenvalue weighted by molar-refractivity contribution is 5.95. The normalized spacial score (nSPS) is 14.5. The van der Waals surface area contributed by atoms with Crippen molar-refractivity contribution in [2.45, 2.75) is 13.3 Å². The maximum Gasteiger partial charge on any atom is 0.155 e. The van der Waals surface area contributed by atoms with Crippen molar-refractivity contribution < 1.29 is 4.79 Å². The molecule has 5 nitrogen and oxygen atoms in total. The van der Waals surface area contributed by atoms with E-state index in [0.717, 1.165) is 46.6 Å². The number of allylic oxidation sites excluding steroid dienone is 1. The molecule has 1 aliphatic rings. The van der Waals surface area contributed by atoms with Crippen LogP contribution < -0.4 is 4.90 Å². The minimum Gasteiger partial charge on any atom is -0.370 e. The smallest absolute Gasteiger partial charge is 0.155 e. The third kappa shape index (κ3) is 2.93. The Morgan fingerprint density at radius 1 is 1.40 bits per heavy atom. The van der Waals surface area contributed by atoms with Crippen molar-refractivity contribution in [3.63, 3.8) is 0 Å². The van der Waals surface area contributed by atoms with Gasteiger partial charge < -0.3 is 9.88 Å². The van der Waals surface area contributed by atoms with Crippen molar-refractivity contribution in [2.24, 2.45) is 5.92 Å². The SMILES string of the molecule is C=CC(=O)CC1CN(c2cnc3[nH]cc(-c4ccnc(C)c4)c3c2)C1. The van der Waals surface area contributed by atoms with E-state index in [9.17, 15) is 4.79 Å². The van der Waals surface area contributed by atoms with Gasteiger partial charge in [0.15, 0.2) is 5.78 Å². The van der Waals surface area contributed by atoms with Crippen LogP contribution in [0, 0.1) is 12.8 Å². The molecule has 5 heteroatoms. The molecule has 0 saturated carbocycles. The maximum absolute atomic E-state index is 11.5. The predicted molar refractivity (Wildman–Crippen MR) is 99.6 cm³/mol. The van der Waals surface area contributed by atoms with Crippen molar-refractivity contribution >= 4 is 22.5 Å². The van der Waals surface area contributed by atoms with Crippen molar-refractivity contribution in [2.75, 3.05) is 18.0 Å². The van der Waals surface area contributed by atoms with Gasteiger partial charge in [-0.1, -0.05) is 6.58 Å². The van der Waals surface area contributed by atoms with Crippen LogP contribution in [0.2, 0.25) is 0 Å². The first-order valence-electron chi connectivity index (χ1n) is 8.44. The second-order valence-electron chi connectivity index (χ2n) is 6.62. The number of H-pyrrole nitrogens is 1. The zero-order valence-electron chi connectivity index (χ0n) is 14.2. The van der Waals surface area contributed by atoms with Crippen LogP contribution in [0.25, 0.3) is 22.2 Å². The number of anilines is 1. The van der Waals surface area contributed by atoms with E-state index in [0.29, 0.717) is 12.3 Å². The molecule has 0 radical (unpaired) electrons. The number of hydrogen-bond donors (Lipinski definition) is 1. The maximum atomic E-state index is 11.5. The topological polar surface area (TPSA) is 61.9 Å². The van der Waals surface area contributed by atoms with Gasteiger partial charge in [-0.05, 0) is 36.8 Å². The molecule has 1 N–H and O–H groups in total. The first-order valence-corrected chi connectivity index (χ1v) is 8.44. The number of rotatable bonds is 5. The van der Waals surface area contributed by atoms with E-state index in [1.165, 1.54) is 6.08 Å². The lowest BCUT2D eigenvalue weighted by molar-refractivity contribution is -0.115. The summed E-state index contributed by atoms with van der Waals surface area (Å²) in [5.41, 5.74) is 5.24. The van der Waals surface area contributed by atoms with Crippen LogP contribution in [0.5, 0.6) is 0 Å². The van der Waals surface area contributed by atoms with Gasteiger partial charge in [0.2, 0.25) is 0 Å². The quantitative estimate of drug-likeness (QED) is 0.726. The van der Waals surface area contributed by atoms with E-state index in [1.807, 2.05) is 31.6 Å². The number of aromatic amines is 1. The largest absolute Gasteiger partial charge is 0.370 e. The first-order chi connectivity index (χ1) is 12.1. The molecular weight excluding hydrogens is 312 g/mol. The number of ketones is 1. The molecule has 1 saturated heterocycles. The van der Waals surface area contributed by atoms with E-state index in [2.05, 4.69) is 38.6 Å². The van der Waals surface area contributed by atoms with Crippen LogP contribution in [0.1, 0.15) is 12.1 Å². The number of fused-ring (bicyclic) bond motifs is 1. The number of pyridine rings is 2. The number of aryl methyl sites for hydroxylation is 1. The summed E-state index contributed by atoms with van der Waals surface area (Å²) in [6.07, 6.45) is 7.72. The molecule has 0 unspecified atom stereocenters. The van der Waals surface area contributed by atoms with E-state index in [1.54, 1.807) is 0 Å². The zero-order chi connectivity index (χ0) is 17.4. The summed E-state index contributed by atoms with van der Waals surface area (Å²) in [6, 6.07) is 6.27. The fourth-order valence-electron chi connectivity index (χ4n) is 3.39. The van der Waals surface area contributed by atoms with Gasteiger partial charge >= 0.3 is 0 Å². The minimum absolute atomic E-state index is 0.124. The average molecular weight is 332 g/mol. The highest BCUT2D eigenvalue weighted by Gasteiger charge is 2.28. The van der Waals surface area contributed by atoms with E-state index in [-0.39, 0.29) is 5.78 Å². The lowest BCUT2D eigenvalue weighted by Gasteiger charge is -2.40.